The smallest absolute Gasteiger partial charge is 0.269 e. The predicted molar refractivity (Wildman–Crippen MR) is 115 cm³/mol. The first-order valence-corrected chi connectivity index (χ1v) is 10.8. The summed E-state index contributed by atoms with van der Waals surface area (Å²) in [6, 6.07) is 17.3. The van der Waals surface area contributed by atoms with Crippen LogP contribution in [0, 0.1) is 10.1 Å². The van der Waals surface area contributed by atoms with Crippen LogP contribution in [0.4, 0.5) is 17.1 Å². The molecule has 0 unspecified atom stereocenters. The highest BCUT2D eigenvalue weighted by atomic mass is 32.2. The second-order valence-corrected chi connectivity index (χ2v) is 8.58. The minimum absolute atomic E-state index is 0.0192. The lowest BCUT2D eigenvalue weighted by Gasteiger charge is -2.24. The van der Waals surface area contributed by atoms with E-state index >= 15 is 0 Å². The van der Waals surface area contributed by atoms with Crippen molar-refractivity contribution < 1.29 is 27.6 Å². The number of carbonyl (C=O) groups excluding carboxylic acids is 1. The highest BCUT2D eigenvalue weighted by Crippen LogP contribution is 2.34. The summed E-state index contributed by atoms with van der Waals surface area (Å²) in [7, 11) is -4.13. The van der Waals surface area contributed by atoms with Gasteiger partial charge in [-0.3, -0.25) is 19.2 Å². The number of anilines is 2. The third-order valence-electron chi connectivity index (χ3n) is 4.62. The molecular weight excluding hydrogens is 438 g/mol. The summed E-state index contributed by atoms with van der Waals surface area (Å²) in [5.41, 5.74) is 0.316. The molecule has 164 valence electrons. The maximum atomic E-state index is 13.3. The number of carbonyl (C=O) groups is 1. The number of sulfonamides is 1. The van der Waals surface area contributed by atoms with Crippen molar-refractivity contribution in [3.8, 4) is 11.5 Å². The van der Waals surface area contributed by atoms with Gasteiger partial charge in [-0.1, -0.05) is 18.2 Å². The van der Waals surface area contributed by atoms with Crippen molar-refractivity contribution >= 4 is 33.0 Å². The van der Waals surface area contributed by atoms with Crippen LogP contribution in [0.2, 0.25) is 0 Å². The summed E-state index contributed by atoms with van der Waals surface area (Å²) in [6.07, 6.45) is 0. The summed E-state index contributed by atoms with van der Waals surface area (Å²) >= 11 is 0. The molecule has 0 spiro atoms. The number of hydrogen-bond donors (Lipinski definition) is 1. The standard InChI is InChI=1S/C21H17N3O7S/c25-21(22-15-6-11-19-20(12-15)31-14-30-19)13-23(16-7-9-17(10-8-16)24(26)27)32(28,29)18-4-2-1-3-5-18/h1-12H,13-14H2,(H,22,25). The molecule has 0 saturated carbocycles. The number of nitro groups is 1. The van der Waals surface area contributed by atoms with Crippen LogP contribution in [0.5, 0.6) is 11.5 Å². The van der Waals surface area contributed by atoms with E-state index < -0.39 is 27.4 Å². The predicted octanol–water partition coefficient (Wildman–Crippen LogP) is 3.16. The van der Waals surface area contributed by atoms with Gasteiger partial charge in [0, 0.05) is 23.9 Å². The number of nitro benzene ring substituents is 1. The first-order valence-electron chi connectivity index (χ1n) is 9.36. The minimum atomic E-state index is -4.13. The molecule has 1 N–H and O–H groups in total. The fourth-order valence-corrected chi connectivity index (χ4v) is 4.52. The lowest BCUT2D eigenvalue weighted by molar-refractivity contribution is -0.384. The van der Waals surface area contributed by atoms with E-state index in [2.05, 4.69) is 5.32 Å². The maximum Gasteiger partial charge on any atom is 0.269 e. The Bertz CT molecular complexity index is 1260. The van der Waals surface area contributed by atoms with Crippen LogP contribution in [0.1, 0.15) is 0 Å². The molecule has 11 heteroatoms. The Morgan fingerprint density at radius 2 is 1.69 bits per heavy atom. The average Bonchev–Trinajstić information content (AvgIpc) is 3.26. The molecule has 3 aromatic carbocycles. The van der Waals surface area contributed by atoms with Gasteiger partial charge in [0.05, 0.1) is 15.5 Å². The van der Waals surface area contributed by atoms with Crippen molar-refractivity contribution in [3.63, 3.8) is 0 Å². The molecule has 3 aromatic rings. The van der Waals surface area contributed by atoms with Crippen LogP contribution >= 0.6 is 0 Å². The van der Waals surface area contributed by atoms with E-state index in [4.69, 9.17) is 9.47 Å². The van der Waals surface area contributed by atoms with E-state index in [9.17, 15) is 23.3 Å². The van der Waals surface area contributed by atoms with Gasteiger partial charge in [-0.15, -0.1) is 0 Å². The van der Waals surface area contributed by atoms with E-state index in [1.165, 1.54) is 36.4 Å². The van der Waals surface area contributed by atoms with E-state index in [1.807, 2.05) is 0 Å². The summed E-state index contributed by atoms with van der Waals surface area (Å²) in [5, 5.41) is 13.6. The Morgan fingerprint density at radius 1 is 1.00 bits per heavy atom. The number of non-ortho nitro benzene ring substituents is 1. The normalized spacial score (nSPS) is 12.2. The molecule has 1 heterocycles. The third-order valence-corrected chi connectivity index (χ3v) is 6.41. The average molecular weight is 455 g/mol. The van der Waals surface area contributed by atoms with Gasteiger partial charge in [0.1, 0.15) is 6.54 Å². The fourth-order valence-electron chi connectivity index (χ4n) is 3.08. The number of amides is 1. The summed E-state index contributed by atoms with van der Waals surface area (Å²) < 4.78 is 37.9. The first-order chi connectivity index (χ1) is 15.3. The van der Waals surface area contributed by atoms with Gasteiger partial charge in [-0.25, -0.2) is 8.42 Å². The monoisotopic (exact) mass is 455 g/mol. The van der Waals surface area contributed by atoms with Crippen LogP contribution in [-0.2, 0) is 14.8 Å². The minimum Gasteiger partial charge on any atom is -0.454 e. The van der Waals surface area contributed by atoms with Gasteiger partial charge in [0.15, 0.2) is 11.5 Å². The molecule has 1 aliphatic heterocycles. The zero-order valence-corrected chi connectivity index (χ0v) is 17.3. The summed E-state index contributed by atoms with van der Waals surface area (Å²) in [4.78, 5) is 23.1. The number of nitrogens with one attached hydrogen (secondary N) is 1. The lowest BCUT2D eigenvalue weighted by atomic mass is 10.2. The molecule has 0 aromatic heterocycles. The number of ether oxygens (including phenoxy) is 2. The summed E-state index contributed by atoms with van der Waals surface area (Å²) in [5.74, 6) is 0.399. The lowest BCUT2D eigenvalue weighted by Crippen LogP contribution is -2.38. The largest absolute Gasteiger partial charge is 0.454 e. The van der Waals surface area contributed by atoms with Gasteiger partial charge in [-0.2, -0.15) is 0 Å². The molecule has 1 amide bonds. The van der Waals surface area contributed by atoms with Crippen LogP contribution in [-0.4, -0.2) is 32.6 Å². The summed E-state index contributed by atoms with van der Waals surface area (Å²) in [6.45, 7) is -0.473. The van der Waals surface area contributed by atoms with Crippen molar-refractivity contribution in [2.75, 3.05) is 23.0 Å². The zero-order chi connectivity index (χ0) is 22.7. The Hall–Kier alpha value is -4.12. The van der Waals surface area contributed by atoms with Gasteiger partial charge >= 0.3 is 0 Å². The SMILES string of the molecule is O=C(CN(c1ccc([N+](=O)[O-])cc1)S(=O)(=O)c1ccccc1)Nc1ccc2c(c1)OCO2. The maximum absolute atomic E-state index is 13.3. The highest BCUT2D eigenvalue weighted by molar-refractivity contribution is 7.92. The molecule has 10 nitrogen and oxygen atoms in total. The second-order valence-electron chi connectivity index (χ2n) is 6.71. The Kier molecular flexibility index (Phi) is 5.65. The van der Waals surface area contributed by atoms with Gasteiger partial charge < -0.3 is 14.8 Å². The number of hydrogen-bond acceptors (Lipinski definition) is 7. The first kappa shape index (κ1) is 21.1. The van der Waals surface area contributed by atoms with Crippen molar-refractivity contribution in [2.24, 2.45) is 0 Å². The molecule has 0 bridgehead atoms. The molecular formula is C21H17N3O7S. The van der Waals surface area contributed by atoms with Gasteiger partial charge in [0.25, 0.3) is 15.7 Å². The van der Waals surface area contributed by atoms with Crippen molar-refractivity contribution in [1.29, 1.82) is 0 Å². The molecule has 0 aliphatic carbocycles. The van der Waals surface area contributed by atoms with E-state index in [-0.39, 0.29) is 23.1 Å². The number of rotatable bonds is 7. The quantitative estimate of drug-likeness (QED) is 0.428. The topological polar surface area (TPSA) is 128 Å². The van der Waals surface area contributed by atoms with E-state index in [1.54, 1.807) is 36.4 Å². The number of nitrogens with zero attached hydrogens (tertiary/aromatic N) is 2. The molecule has 4 rings (SSSR count). The van der Waals surface area contributed by atoms with Gasteiger partial charge in [0.2, 0.25) is 12.7 Å². The van der Waals surface area contributed by atoms with E-state index in [0.717, 1.165) is 4.31 Å². The Balaban J connectivity index is 1.63. The second kappa shape index (κ2) is 8.55. The Morgan fingerprint density at radius 3 is 2.38 bits per heavy atom. The highest BCUT2D eigenvalue weighted by Gasteiger charge is 2.28. The van der Waals surface area contributed by atoms with E-state index in [0.29, 0.717) is 17.2 Å². The van der Waals surface area contributed by atoms with Crippen LogP contribution < -0.4 is 19.1 Å². The van der Waals surface area contributed by atoms with Crippen LogP contribution in [0.3, 0.4) is 0 Å². The number of fused-ring (bicyclic) bond motifs is 1. The molecule has 0 saturated heterocycles. The third kappa shape index (κ3) is 4.32. The molecule has 1 aliphatic rings. The van der Waals surface area contributed by atoms with Crippen molar-refractivity contribution in [3.05, 3.63) is 82.9 Å². The molecule has 0 fully saturated rings. The van der Waals surface area contributed by atoms with Crippen LogP contribution in [0.25, 0.3) is 0 Å². The fraction of sp³-hybridized carbons (Fsp3) is 0.0952. The van der Waals surface area contributed by atoms with Gasteiger partial charge in [-0.05, 0) is 36.4 Å². The number of benzene rings is 3. The van der Waals surface area contributed by atoms with Crippen molar-refractivity contribution in [2.45, 2.75) is 4.90 Å². The van der Waals surface area contributed by atoms with Crippen LogP contribution in [0.15, 0.2) is 77.7 Å². The Labute approximate surface area is 183 Å². The molecule has 0 radical (unpaired) electrons. The zero-order valence-electron chi connectivity index (χ0n) is 16.5. The molecule has 32 heavy (non-hydrogen) atoms. The molecule has 0 atom stereocenters. The van der Waals surface area contributed by atoms with Crippen molar-refractivity contribution in [1.82, 2.24) is 0 Å².